The highest BCUT2D eigenvalue weighted by atomic mass is 31.1. The van der Waals surface area contributed by atoms with E-state index in [2.05, 4.69) is 75.9 Å². The summed E-state index contributed by atoms with van der Waals surface area (Å²) in [5, 5.41) is 1.58. The third-order valence-electron chi connectivity index (χ3n) is 5.95. The molecule has 0 aliphatic rings. The first-order valence-corrected chi connectivity index (χ1v) is 11.8. The lowest BCUT2D eigenvalue weighted by Crippen LogP contribution is -2.28. The fourth-order valence-corrected chi connectivity index (χ4v) is 5.73. The number of hydrogen-bond acceptors (Lipinski definition) is 3. The van der Waals surface area contributed by atoms with Crippen LogP contribution >= 0.6 is 8.58 Å². The SMILES string of the molecule is CCN(CC)Cc1cccc(C)c1PC(CC)(CC)c1ccccc1OCOC. The van der Waals surface area contributed by atoms with Gasteiger partial charge in [-0.15, -0.1) is 0 Å². The Morgan fingerprint density at radius 3 is 2.24 bits per heavy atom. The van der Waals surface area contributed by atoms with E-state index in [4.69, 9.17) is 9.47 Å². The average molecular weight is 416 g/mol. The van der Waals surface area contributed by atoms with E-state index in [0.29, 0.717) is 8.58 Å². The molecule has 1 unspecified atom stereocenters. The molecule has 0 radical (unpaired) electrons. The van der Waals surface area contributed by atoms with Gasteiger partial charge in [0.25, 0.3) is 0 Å². The molecule has 29 heavy (non-hydrogen) atoms. The molecule has 1 atom stereocenters. The predicted octanol–water partition coefficient (Wildman–Crippen LogP) is 5.84. The van der Waals surface area contributed by atoms with Crippen LogP contribution in [0.25, 0.3) is 0 Å². The Labute approximate surface area is 179 Å². The Kier molecular flexibility index (Phi) is 9.62. The standard InChI is InChI=1S/C25H38NO2P/c1-7-25(8-2,22-16-11-12-17-23(22)28-19-27-6)29-24-20(5)14-13-15-21(24)18-26(9-3)10-4/h11-17,29H,7-10,18-19H2,1-6H3. The van der Waals surface area contributed by atoms with Crippen molar-refractivity contribution in [3.05, 3.63) is 59.2 Å². The molecule has 3 nitrogen and oxygen atoms in total. The van der Waals surface area contributed by atoms with E-state index in [1.807, 2.05) is 6.07 Å². The van der Waals surface area contributed by atoms with Gasteiger partial charge in [0.15, 0.2) is 6.79 Å². The molecule has 0 amide bonds. The molecular formula is C25H38NO2P. The summed E-state index contributed by atoms with van der Waals surface area (Å²) in [4.78, 5) is 2.50. The molecule has 0 aliphatic heterocycles. The molecular weight excluding hydrogens is 377 g/mol. The van der Waals surface area contributed by atoms with Crippen molar-refractivity contribution in [3.8, 4) is 5.75 Å². The molecule has 2 aromatic carbocycles. The Hall–Kier alpha value is -1.41. The van der Waals surface area contributed by atoms with Crippen LogP contribution in [-0.2, 0) is 16.4 Å². The highest BCUT2D eigenvalue weighted by Gasteiger charge is 2.33. The molecule has 0 aromatic heterocycles. The van der Waals surface area contributed by atoms with Crippen molar-refractivity contribution in [3.63, 3.8) is 0 Å². The van der Waals surface area contributed by atoms with Crippen LogP contribution in [0, 0.1) is 6.92 Å². The van der Waals surface area contributed by atoms with Crippen molar-refractivity contribution in [1.29, 1.82) is 0 Å². The van der Waals surface area contributed by atoms with Crippen molar-refractivity contribution in [2.24, 2.45) is 0 Å². The topological polar surface area (TPSA) is 21.7 Å². The summed E-state index contributed by atoms with van der Waals surface area (Å²) in [6.45, 7) is 14.8. The summed E-state index contributed by atoms with van der Waals surface area (Å²) in [6, 6.07) is 15.3. The lowest BCUT2D eigenvalue weighted by Gasteiger charge is -2.35. The van der Waals surface area contributed by atoms with E-state index in [1.54, 1.807) is 7.11 Å². The maximum absolute atomic E-state index is 5.97. The van der Waals surface area contributed by atoms with Gasteiger partial charge in [-0.1, -0.05) is 72.7 Å². The normalized spacial score (nSPS) is 12.2. The summed E-state index contributed by atoms with van der Waals surface area (Å²) < 4.78 is 11.1. The quantitative estimate of drug-likeness (QED) is 0.321. The summed E-state index contributed by atoms with van der Waals surface area (Å²) in [6.07, 6.45) is 2.16. The molecule has 0 saturated carbocycles. The Morgan fingerprint density at radius 1 is 0.931 bits per heavy atom. The van der Waals surface area contributed by atoms with Crippen LogP contribution in [0.15, 0.2) is 42.5 Å². The zero-order valence-corrected chi connectivity index (χ0v) is 20.0. The van der Waals surface area contributed by atoms with E-state index in [1.165, 1.54) is 22.0 Å². The number of hydrogen-bond donors (Lipinski definition) is 0. The van der Waals surface area contributed by atoms with E-state index in [9.17, 15) is 0 Å². The zero-order chi connectivity index (χ0) is 21.3. The Bertz CT molecular complexity index is 754. The van der Waals surface area contributed by atoms with Gasteiger partial charge in [0.2, 0.25) is 0 Å². The molecule has 2 rings (SSSR count). The molecule has 4 heteroatoms. The van der Waals surface area contributed by atoms with Crippen molar-refractivity contribution < 1.29 is 9.47 Å². The van der Waals surface area contributed by atoms with E-state index in [-0.39, 0.29) is 11.9 Å². The molecule has 0 aliphatic carbocycles. The van der Waals surface area contributed by atoms with Crippen molar-refractivity contribution in [2.45, 2.75) is 59.2 Å². The number of rotatable bonds is 12. The van der Waals surface area contributed by atoms with Crippen LogP contribution in [0.5, 0.6) is 5.75 Å². The van der Waals surface area contributed by atoms with Gasteiger partial charge in [0.05, 0.1) is 0 Å². The van der Waals surface area contributed by atoms with Crippen LogP contribution in [-0.4, -0.2) is 31.9 Å². The lowest BCUT2D eigenvalue weighted by molar-refractivity contribution is 0.0499. The second kappa shape index (κ2) is 11.7. The molecule has 0 saturated heterocycles. The first-order valence-electron chi connectivity index (χ1n) is 10.8. The monoisotopic (exact) mass is 415 g/mol. The second-order valence-corrected chi connectivity index (χ2v) is 9.24. The number of para-hydroxylation sites is 1. The molecule has 0 heterocycles. The second-order valence-electron chi connectivity index (χ2n) is 7.53. The van der Waals surface area contributed by atoms with E-state index >= 15 is 0 Å². The van der Waals surface area contributed by atoms with Gasteiger partial charge < -0.3 is 9.47 Å². The highest BCUT2D eigenvalue weighted by Crippen LogP contribution is 2.50. The summed E-state index contributed by atoms with van der Waals surface area (Å²) >= 11 is 0. The van der Waals surface area contributed by atoms with Gasteiger partial charge in [0.1, 0.15) is 5.75 Å². The van der Waals surface area contributed by atoms with Crippen molar-refractivity contribution >= 4 is 13.9 Å². The first-order chi connectivity index (χ1) is 14.0. The summed E-state index contributed by atoms with van der Waals surface area (Å²) in [7, 11) is 2.37. The maximum Gasteiger partial charge on any atom is 0.188 e. The molecule has 160 valence electrons. The van der Waals surface area contributed by atoms with Crippen molar-refractivity contribution in [1.82, 2.24) is 4.90 Å². The predicted molar refractivity (Wildman–Crippen MR) is 127 cm³/mol. The molecule has 0 bridgehead atoms. The number of aryl methyl sites for hydroxylation is 1. The van der Waals surface area contributed by atoms with Gasteiger partial charge >= 0.3 is 0 Å². The first kappa shape index (κ1) is 23.9. The van der Waals surface area contributed by atoms with Gasteiger partial charge in [-0.2, -0.15) is 0 Å². The van der Waals surface area contributed by atoms with Gasteiger partial charge in [-0.25, -0.2) is 0 Å². The van der Waals surface area contributed by atoms with Crippen molar-refractivity contribution in [2.75, 3.05) is 27.0 Å². The number of benzene rings is 2. The largest absolute Gasteiger partial charge is 0.467 e. The van der Waals surface area contributed by atoms with Crippen LogP contribution in [0.1, 0.15) is 57.2 Å². The van der Waals surface area contributed by atoms with Crippen LogP contribution < -0.4 is 10.0 Å². The molecule has 2 aromatic rings. The van der Waals surface area contributed by atoms with Crippen LogP contribution in [0.2, 0.25) is 0 Å². The van der Waals surface area contributed by atoms with Gasteiger partial charge in [0, 0.05) is 24.4 Å². The van der Waals surface area contributed by atoms with Crippen LogP contribution in [0.4, 0.5) is 0 Å². The minimum absolute atomic E-state index is 0.0639. The Balaban J connectivity index is 2.49. The zero-order valence-electron chi connectivity index (χ0n) is 19.0. The fourth-order valence-electron chi connectivity index (χ4n) is 3.95. The minimum atomic E-state index is 0.0639. The smallest absolute Gasteiger partial charge is 0.188 e. The molecule has 0 N–H and O–H groups in total. The third kappa shape index (κ3) is 5.81. The average Bonchev–Trinajstić information content (AvgIpc) is 2.76. The van der Waals surface area contributed by atoms with Crippen LogP contribution in [0.3, 0.4) is 0 Å². The van der Waals surface area contributed by atoms with Gasteiger partial charge in [-0.3, -0.25) is 4.90 Å². The maximum atomic E-state index is 5.97. The van der Waals surface area contributed by atoms with Gasteiger partial charge in [-0.05, 0) is 55.4 Å². The fraction of sp³-hybridized carbons (Fsp3) is 0.520. The number of nitrogens with zero attached hydrogens (tertiary/aromatic N) is 1. The van der Waals surface area contributed by atoms with E-state index < -0.39 is 0 Å². The number of methoxy groups -OCH3 is 1. The lowest BCUT2D eigenvalue weighted by atomic mass is 9.92. The third-order valence-corrected chi connectivity index (χ3v) is 8.37. The highest BCUT2D eigenvalue weighted by molar-refractivity contribution is 7.48. The minimum Gasteiger partial charge on any atom is -0.467 e. The molecule has 0 spiro atoms. The summed E-state index contributed by atoms with van der Waals surface area (Å²) in [5.41, 5.74) is 4.17. The van der Waals surface area contributed by atoms with E-state index in [0.717, 1.165) is 38.2 Å². The summed E-state index contributed by atoms with van der Waals surface area (Å²) in [5.74, 6) is 0.949. The Morgan fingerprint density at radius 2 is 1.62 bits per heavy atom. The number of ether oxygens (including phenoxy) is 2. The molecule has 0 fully saturated rings.